The number of fused-ring (bicyclic) bond motifs is 1. The molecule has 3 aliphatic heterocycles. The Morgan fingerprint density at radius 3 is 1.97 bits per heavy atom. The Hall–Kier alpha value is -2.98. The van der Waals surface area contributed by atoms with E-state index in [0.29, 0.717) is 32.2 Å². The molecule has 3 fully saturated rings. The molecule has 0 unspecified atom stereocenters. The topological polar surface area (TPSA) is 129 Å². The molecule has 1 aromatic heterocycles. The number of halogens is 6. The van der Waals surface area contributed by atoms with E-state index in [9.17, 15) is 31.1 Å². The first-order valence-electron chi connectivity index (χ1n) is 11.4. The Balaban J connectivity index is 0.000000301. The number of carbonyl (C=O) groups excluding carboxylic acids is 1. The van der Waals surface area contributed by atoms with E-state index in [-0.39, 0.29) is 18.1 Å². The highest BCUT2D eigenvalue weighted by Gasteiger charge is 2.43. The van der Waals surface area contributed by atoms with Crippen LogP contribution in [0.15, 0.2) is 24.5 Å². The van der Waals surface area contributed by atoms with Crippen LogP contribution in [0.3, 0.4) is 0 Å². The lowest BCUT2D eigenvalue weighted by atomic mass is 9.91. The molecule has 4 rings (SSSR count). The molecule has 0 bridgehead atoms. The molecule has 0 aromatic carbocycles. The van der Waals surface area contributed by atoms with Crippen molar-refractivity contribution < 1.29 is 60.4 Å². The van der Waals surface area contributed by atoms with Crippen molar-refractivity contribution in [3.05, 3.63) is 30.1 Å². The first-order valence-corrected chi connectivity index (χ1v) is 11.4. The zero-order chi connectivity index (χ0) is 28.5. The second kappa shape index (κ2) is 13.7. The van der Waals surface area contributed by atoms with E-state index in [1.54, 1.807) is 0 Å². The number of hydrogen-bond acceptors (Lipinski definition) is 7. The van der Waals surface area contributed by atoms with Crippen LogP contribution in [0.5, 0.6) is 0 Å². The molecular formula is C22H27F6N3O7. The normalized spacial score (nSPS) is 23.7. The number of pyridine rings is 1. The van der Waals surface area contributed by atoms with Crippen LogP contribution in [0, 0.1) is 5.92 Å². The van der Waals surface area contributed by atoms with Gasteiger partial charge in [-0.2, -0.15) is 26.3 Å². The molecule has 4 heterocycles. The van der Waals surface area contributed by atoms with E-state index in [1.807, 2.05) is 17.3 Å². The molecule has 3 saturated heterocycles. The van der Waals surface area contributed by atoms with Crippen LogP contribution in [0.4, 0.5) is 26.3 Å². The van der Waals surface area contributed by atoms with E-state index in [2.05, 4.69) is 22.0 Å². The van der Waals surface area contributed by atoms with Crippen LogP contribution in [0.25, 0.3) is 0 Å². The molecule has 0 radical (unpaired) electrons. The molecule has 16 heteroatoms. The maximum Gasteiger partial charge on any atom is 0.490 e. The number of piperidine rings is 1. The molecule has 2 N–H and O–H groups in total. The van der Waals surface area contributed by atoms with Crippen LogP contribution in [0.2, 0.25) is 0 Å². The first kappa shape index (κ1) is 31.2. The number of morpholine rings is 1. The number of carboxylic acids is 2. The van der Waals surface area contributed by atoms with Crippen molar-refractivity contribution in [2.75, 3.05) is 39.4 Å². The largest absolute Gasteiger partial charge is 0.490 e. The van der Waals surface area contributed by atoms with Gasteiger partial charge in [0.15, 0.2) is 0 Å². The fourth-order valence-electron chi connectivity index (χ4n) is 4.03. The summed E-state index contributed by atoms with van der Waals surface area (Å²) in [6.07, 6.45) is -4.56. The molecule has 0 aliphatic carbocycles. The van der Waals surface area contributed by atoms with Crippen LogP contribution in [0.1, 0.15) is 18.4 Å². The summed E-state index contributed by atoms with van der Waals surface area (Å²) in [6.45, 7) is 5.60. The summed E-state index contributed by atoms with van der Waals surface area (Å²) in [6, 6.07) is 4.12. The van der Waals surface area contributed by atoms with E-state index in [1.165, 1.54) is 5.56 Å². The smallest absolute Gasteiger partial charge is 0.475 e. The van der Waals surface area contributed by atoms with Gasteiger partial charge in [-0.3, -0.25) is 14.7 Å². The number of alkyl halides is 6. The SMILES string of the molecule is O=C(O)C(F)(F)F.O=C(O)C(F)(F)F.O=C([C@@H]1C[C@@H]2CCN(Cc3ccncc3)C[C@H]2O1)N1CCOCC1. The van der Waals surface area contributed by atoms with Gasteiger partial charge >= 0.3 is 24.3 Å². The highest BCUT2D eigenvalue weighted by Crippen LogP contribution is 2.34. The zero-order valence-corrected chi connectivity index (χ0v) is 20.0. The van der Waals surface area contributed by atoms with Crippen molar-refractivity contribution in [2.45, 2.75) is 43.9 Å². The monoisotopic (exact) mass is 559 g/mol. The zero-order valence-electron chi connectivity index (χ0n) is 20.0. The van der Waals surface area contributed by atoms with Gasteiger partial charge in [-0.25, -0.2) is 9.59 Å². The van der Waals surface area contributed by atoms with E-state index >= 15 is 0 Å². The van der Waals surface area contributed by atoms with Crippen molar-refractivity contribution in [1.29, 1.82) is 0 Å². The van der Waals surface area contributed by atoms with Crippen molar-refractivity contribution >= 4 is 17.8 Å². The summed E-state index contributed by atoms with van der Waals surface area (Å²) in [5, 5.41) is 14.2. The third-order valence-corrected chi connectivity index (χ3v) is 5.87. The van der Waals surface area contributed by atoms with Gasteiger partial charge in [0.2, 0.25) is 0 Å². The predicted octanol–water partition coefficient (Wildman–Crippen LogP) is 2.19. The number of aliphatic carboxylic acids is 2. The van der Waals surface area contributed by atoms with Crippen LogP contribution >= 0.6 is 0 Å². The van der Waals surface area contributed by atoms with Gasteiger partial charge in [0.25, 0.3) is 5.91 Å². The maximum absolute atomic E-state index is 12.6. The fraction of sp³-hybridized carbons (Fsp3) is 0.636. The third-order valence-electron chi connectivity index (χ3n) is 5.87. The molecule has 3 aliphatic rings. The van der Waals surface area contributed by atoms with E-state index in [4.69, 9.17) is 29.3 Å². The number of carbonyl (C=O) groups is 3. The van der Waals surface area contributed by atoms with Crippen LogP contribution in [-0.4, -0.2) is 107 Å². The fourth-order valence-corrected chi connectivity index (χ4v) is 4.03. The molecule has 0 spiro atoms. The standard InChI is InChI=1S/C18H25N3O3.2C2HF3O2/c22-18(21-7-9-23-10-8-21)16-11-15-3-6-20(13-17(15)24-16)12-14-1-4-19-5-2-14;2*3-2(4,5)1(6)7/h1-2,4-5,15-17H,3,6-13H2;2*(H,6,7)/t15-,16-,17+;;/m0../s1. The minimum Gasteiger partial charge on any atom is -0.475 e. The van der Waals surface area contributed by atoms with Crippen molar-refractivity contribution in [2.24, 2.45) is 5.92 Å². The summed E-state index contributed by atoms with van der Waals surface area (Å²) in [7, 11) is 0. The van der Waals surface area contributed by atoms with E-state index < -0.39 is 24.3 Å². The quantitative estimate of drug-likeness (QED) is 0.536. The molecule has 1 amide bonds. The van der Waals surface area contributed by atoms with Crippen LogP contribution in [-0.2, 0) is 30.4 Å². The van der Waals surface area contributed by atoms with Gasteiger partial charge in [0.05, 0.1) is 19.3 Å². The second-order valence-corrected chi connectivity index (χ2v) is 8.58. The Bertz CT molecular complexity index is 902. The number of likely N-dealkylation sites (tertiary alicyclic amines) is 1. The second-order valence-electron chi connectivity index (χ2n) is 8.58. The highest BCUT2D eigenvalue weighted by atomic mass is 19.4. The number of amides is 1. The Kier molecular flexibility index (Phi) is 11.3. The van der Waals surface area contributed by atoms with Gasteiger partial charge in [0.1, 0.15) is 6.10 Å². The summed E-state index contributed by atoms with van der Waals surface area (Å²) >= 11 is 0. The first-order chi connectivity index (χ1) is 17.7. The maximum atomic E-state index is 12.6. The predicted molar refractivity (Wildman–Crippen MR) is 116 cm³/mol. The summed E-state index contributed by atoms with van der Waals surface area (Å²) in [5.41, 5.74) is 1.28. The number of carboxylic acid groups (broad SMARTS) is 2. The lowest BCUT2D eigenvalue weighted by Gasteiger charge is -2.34. The number of nitrogens with zero attached hydrogens (tertiary/aromatic N) is 3. The third kappa shape index (κ3) is 10.1. The number of aromatic nitrogens is 1. The van der Waals surface area contributed by atoms with Gasteiger partial charge in [-0.15, -0.1) is 0 Å². The average molecular weight is 559 g/mol. The minimum absolute atomic E-state index is 0.161. The van der Waals surface area contributed by atoms with Gasteiger partial charge in [-0.1, -0.05) is 0 Å². The molecular weight excluding hydrogens is 532 g/mol. The number of hydrogen-bond donors (Lipinski definition) is 2. The Morgan fingerprint density at radius 2 is 1.47 bits per heavy atom. The summed E-state index contributed by atoms with van der Waals surface area (Å²) < 4.78 is 75.0. The average Bonchev–Trinajstić information content (AvgIpc) is 3.28. The minimum atomic E-state index is -5.08. The number of rotatable bonds is 3. The summed E-state index contributed by atoms with van der Waals surface area (Å²) in [4.78, 5) is 38.8. The Labute approximate surface area is 213 Å². The molecule has 3 atom stereocenters. The molecule has 10 nitrogen and oxygen atoms in total. The summed E-state index contributed by atoms with van der Waals surface area (Å²) in [5.74, 6) is -4.83. The lowest BCUT2D eigenvalue weighted by Crippen LogP contribution is -2.46. The van der Waals surface area contributed by atoms with Crippen molar-refractivity contribution in [3.8, 4) is 0 Å². The van der Waals surface area contributed by atoms with Crippen LogP contribution < -0.4 is 0 Å². The molecule has 214 valence electrons. The highest BCUT2D eigenvalue weighted by molar-refractivity contribution is 5.81. The molecule has 38 heavy (non-hydrogen) atoms. The van der Waals surface area contributed by atoms with Crippen molar-refractivity contribution in [3.63, 3.8) is 0 Å². The number of ether oxygens (including phenoxy) is 2. The molecule has 1 aromatic rings. The Morgan fingerprint density at radius 1 is 0.947 bits per heavy atom. The van der Waals surface area contributed by atoms with Crippen molar-refractivity contribution in [1.82, 2.24) is 14.8 Å². The lowest BCUT2D eigenvalue weighted by molar-refractivity contribution is -0.193. The molecule has 0 saturated carbocycles. The van der Waals surface area contributed by atoms with Gasteiger partial charge < -0.3 is 24.6 Å². The van der Waals surface area contributed by atoms with Gasteiger partial charge in [0, 0.05) is 38.6 Å². The van der Waals surface area contributed by atoms with Gasteiger partial charge in [-0.05, 0) is 43.0 Å². The van der Waals surface area contributed by atoms with E-state index in [0.717, 1.165) is 32.5 Å².